The molecule has 1 fully saturated rings. The van der Waals surface area contributed by atoms with Gasteiger partial charge in [0.1, 0.15) is 5.82 Å². The molecule has 0 bridgehead atoms. The summed E-state index contributed by atoms with van der Waals surface area (Å²) in [6, 6.07) is 4.14. The van der Waals surface area contributed by atoms with Gasteiger partial charge in [0.25, 0.3) is 0 Å². The summed E-state index contributed by atoms with van der Waals surface area (Å²) in [6.45, 7) is 6.34. The van der Waals surface area contributed by atoms with Gasteiger partial charge >= 0.3 is 0 Å². The lowest BCUT2D eigenvalue weighted by atomic mass is 9.99. The molecule has 1 aliphatic rings. The fourth-order valence-electron chi connectivity index (χ4n) is 3.23. The van der Waals surface area contributed by atoms with E-state index in [-0.39, 0.29) is 11.8 Å². The number of likely N-dealkylation sites (tertiary alicyclic amines) is 1. The summed E-state index contributed by atoms with van der Waals surface area (Å²) in [5, 5.41) is 0. The highest BCUT2D eigenvalue weighted by Gasteiger charge is 2.34. The second-order valence-corrected chi connectivity index (χ2v) is 8.83. The Balaban J connectivity index is 2.01. The summed E-state index contributed by atoms with van der Waals surface area (Å²) in [5.41, 5.74) is 1.16. The van der Waals surface area contributed by atoms with Crippen LogP contribution in [0.4, 0.5) is 5.82 Å². The summed E-state index contributed by atoms with van der Waals surface area (Å²) < 4.78 is 26.7. The zero-order valence-electron chi connectivity index (χ0n) is 15.2. The van der Waals surface area contributed by atoms with E-state index in [1.165, 1.54) is 0 Å². The van der Waals surface area contributed by atoms with Gasteiger partial charge in [0.05, 0.1) is 5.75 Å². The van der Waals surface area contributed by atoms with E-state index in [9.17, 15) is 8.42 Å². The third-order valence-electron chi connectivity index (χ3n) is 4.56. The smallest absolute Gasteiger partial charge is 0.211 e. The zero-order valence-corrected chi connectivity index (χ0v) is 16.0. The van der Waals surface area contributed by atoms with E-state index in [2.05, 4.69) is 27.6 Å². The van der Waals surface area contributed by atoms with Gasteiger partial charge in [0.15, 0.2) is 0 Å². The highest BCUT2D eigenvalue weighted by atomic mass is 32.2. The first-order valence-corrected chi connectivity index (χ1v) is 10.3. The topological polar surface area (TPSA) is 65.5 Å². The molecular formula is C17H30N4O2S. The minimum absolute atomic E-state index is 0.0175. The standard InChI is InChI=1S/C17H30N4O2S/c1-5-7-15-12-21(13-16(15)19-24(22,23)6-2)11-14-8-9-17(18-10-14)20(3)4/h8-10,15-16,19H,5-7,11-13H2,1-4H3/t15-,16-/m0/s1. The number of anilines is 1. The van der Waals surface area contributed by atoms with Crippen molar-refractivity contribution < 1.29 is 8.42 Å². The monoisotopic (exact) mass is 354 g/mol. The van der Waals surface area contributed by atoms with Gasteiger partial charge in [0, 0.05) is 46.0 Å². The quantitative estimate of drug-likeness (QED) is 0.769. The van der Waals surface area contributed by atoms with Gasteiger partial charge in [-0.2, -0.15) is 0 Å². The largest absolute Gasteiger partial charge is 0.363 e. The Kier molecular flexibility index (Phi) is 6.60. The first kappa shape index (κ1) is 19.1. The van der Waals surface area contributed by atoms with Crippen molar-refractivity contribution in [3.8, 4) is 0 Å². The Morgan fingerprint density at radius 2 is 2.04 bits per heavy atom. The lowest BCUT2D eigenvalue weighted by molar-refractivity contribution is 0.312. The number of nitrogens with zero attached hydrogens (tertiary/aromatic N) is 3. The van der Waals surface area contributed by atoms with Crippen LogP contribution in [-0.4, -0.2) is 57.3 Å². The van der Waals surface area contributed by atoms with E-state index in [0.29, 0.717) is 5.92 Å². The average Bonchev–Trinajstić information content (AvgIpc) is 2.89. The lowest BCUT2D eigenvalue weighted by Crippen LogP contribution is -2.41. The van der Waals surface area contributed by atoms with Crippen molar-refractivity contribution in [2.24, 2.45) is 5.92 Å². The van der Waals surface area contributed by atoms with Crippen molar-refractivity contribution in [2.75, 3.05) is 37.8 Å². The Hall–Kier alpha value is -1.18. The molecule has 6 nitrogen and oxygen atoms in total. The van der Waals surface area contributed by atoms with Crippen molar-refractivity contribution >= 4 is 15.8 Å². The highest BCUT2D eigenvalue weighted by molar-refractivity contribution is 7.89. The van der Waals surface area contributed by atoms with E-state index < -0.39 is 10.0 Å². The molecule has 1 aromatic heterocycles. The van der Waals surface area contributed by atoms with E-state index in [4.69, 9.17) is 0 Å². The third-order valence-corrected chi connectivity index (χ3v) is 5.98. The number of sulfonamides is 1. The Labute approximate surface area is 146 Å². The van der Waals surface area contributed by atoms with Crippen LogP contribution in [-0.2, 0) is 16.6 Å². The van der Waals surface area contributed by atoms with Crippen LogP contribution in [0.3, 0.4) is 0 Å². The van der Waals surface area contributed by atoms with Crippen LogP contribution in [0.1, 0.15) is 32.3 Å². The summed E-state index contributed by atoms with van der Waals surface area (Å²) in [5.74, 6) is 1.46. The summed E-state index contributed by atoms with van der Waals surface area (Å²) in [7, 11) is 0.789. The number of aromatic nitrogens is 1. The third kappa shape index (κ3) is 5.16. The van der Waals surface area contributed by atoms with Crippen LogP contribution in [0.25, 0.3) is 0 Å². The van der Waals surface area contributed by atoms with Crippen LogP contribution in [0.15, 0.2) is 18.3 Å². The van der Waals surface area contributed by atoms with E-state index >= 15 is 0 Å². The fraction of sp³-hybridized carbons (Fsp3) is 0.706. The molecule has 0 unspecified atom stereocenters. The van der Waals surface area contributed by atoms with Crippen LogP contribution >= 0.6 is 0 Å². The molecule has 2 rings (SSSR count). The normalized spacial score (nSPS) is 22.0. The van der Waals surface area contributed by atoms with Gasteiger partial charge in [-0.3, -0.25) is 4.90 Å². The molecule has 1 saturated heterocycles. The SMILES string of the molecule is CCC[C@H]1CN(Cc2ccc(N(C)C)nc2)C[C@@H]1NS(=O)(=O)CC. The molecule has 2 atom stereocenters. The molecule has 0 aromatic carbocycles. The van der Waals surface area contributed by atoms with Crippen molar-refractivity contribution in [3.05, 3.63) is 23.9 Å². The number of nitrogens with one attached hydrogen (secondary N) is 1. The summed E-state index contributed by atoms with van der Waals surface area (Å²) in [6.07, 6.45) is 4.03. The predicted octanol–water partition coefficient (Wildman–Crippen LogP) is 1.69. The van der Waals surface area contributed by atoms with Gasteiger partial charge < -0.3 is 4.90 Å². The first-order valence-electron chi connectivity index (χ1n) is 8.69. The van der Waals surface area contributed by atoms with Gasteiger partial charge in [-0.25, -0.2) is 18.1 Å². The predicted molar refractivity (Wildman–Crippen MR) is 98.6 cm³/mol. The summed E-state index contributed by atoms with van der Waals surface area (Å²) >= 11 is 0. The molecule has 7 heteroatoms. The second-order valence-electron chi connectivity index (χ2n) is 6.79. The number of hydrogen-bond acceptors (Lipinski definition) is 5. The van der Waals surface area contributed by atoms with Crippen molar-refractivity contribution in [1.29, 1.82) is 0 Å². The van der Waals surface area contributed by atoms with Crippen LogP contribution in [0.2, 0.25) is 0 Å². The molecule has 1 aromatic rings. The van der Waals surface area contributed by atoms with Crippen LogP contribution in [0, 0.1) is 5.92 Å². The minimum Gasteiger partial charge on any atom is -0.363 e. The maximum atomic E-state index is 11.9. The minimum atomic E-state index is -3.16. The van der Waals surface area contributed by atoms with Crippen molar-refractivity contribution in [2.45, 2.75) is 39.3 Å². The molecular weight excluding hydrogens is 324 g/mol. The molecule has 0 saturated carbocycles. The maximum absolute atomic E-state index is 11.9. The molecule has 1 N–H and O–H groups in total. The molecule has 136 valence electrons. The van der Waals surface area contributed by atoms with E-state index in [1.807, 2.05) is 31.3 Å². The molecule has 0 aliphatic carbocycles. The van der Waals surface area contributed by atoms with Gasteiger partial charge in [-0.05, 0) is 30.9 Å². The molecule has 24 heavy (non-hydrogen) atoms. The Bertz CT molecular complexity index is 616. The molecule has 0 amide bonds. The lowest BCUT2D eigenvalue weighted by Gasteiger charge is -2.18. The molecule has 0 radical (unpaired) electrons. The van der Waals surface area contributed by atoms with Gasteiger partial charge in [-0.1, -0.05) is 19.4 Å². The van der Waals surface area contributed by atoms with Crippen LogP contribution < -0.4 is 9.62 Å². The van der Waals surface area contributed by atoms with Crippen LogP contribution in [0.5, 0.6) is 0 Å². The van der Waals surface area contributed by atoms with E-state index in [1.54, 1.807) is 6.92 Å². The average molecular weight is 355 g/mol. The van der Waals surface area contributed by atoms with Gasteiger partial charge in [0.2, 0.25) is 10.0 Å². The Morgan fingerprint density at radius 3 is 2.58 bits per heavy atom. The van der Waals surface area contributed by atoms with Gasteiger partial charge in [-0.15, -0.1) is 0 Å². The van der Waals surface area contributed by atoms with E-state index in [0.717, 1.165) is 43.9 Å². The maximum Gasteiger partial charge on any atom is 0.211 e. The first-order chi connectivity index (χ1) is 11.3. The number of hydrogen-bond donors (Lipinski definition) is 1. The zero-order chi connectivity index (χ0) is 17.7. The highest BCUT2D eigenvalue weighted by Crippen LogP contribution is 2.24. The fourth-order valence-corrected chi connectivity index (χ4v) is 4.13. The van der Waals surface area contributed by atoms with Crippen molar-refractivity contribution in [1.82, 2.24) is 14.6 Å². The molecule has 1 aliphatic heterocycles. The molecule has 2 heterocycles. The number of rotatable bonds is 8. The van der Waals surface area contributed by atoms with Crippen molar-refractivity contribution in [3.63, 3.8) is 0 Å². The molecule has 0 spiro atoms. The number of pyridine rings is 1. The second kappa shape index (κ2) is 8.27. The Morgan fingerprint density at radius 1 is 1.29 bits per heavy atom. The summed E-state index contributed by atoms with van der Waals surface area (Å²) in [4.78, 5) is 8.76.